The Morgan fingerprint density at radius 3 is 2.37 bits per heavy atom. The lowest BCUT2D eigenvalue weighted by Gasteiger charge is -2.10. The first-order valence-electron chi connectivity index (χ1n) is 8.20. The fourth-order valence-corrected chi connectivity index (χ4v) is 3.85. The van der Waals surface area contributed by atoms with Gasteiger partial charge in [0, 0.05) is 29.4 Å². The minimum Gasteiger partial charge on any atom is -0.270 e. The number of nitrogens with zero attached hydrogens (tertiary/aromatic N) is 4. The molecule has 7 heteroatoms. The molecule has 0 radical (unpaired) electrons. The Bertz CT molecular complexity index is 1050. The van der Waals surface area contributed by atoms with Gasteiger partial charge in [-0.25, -0.2) is 0 Å². The van der Waals surface area contributed by atoms with Crippen molar-refractivity contribution in [3.63, 3.8) is 0 Å². The summed E-state index contributed by atoms with van der Waals surface area (Å²) in [5, 5.41) is 10.8. The Balaban J connectivity index is 1.70. The Kier molecular flexibility index (Phi) is 5.43. The number of thioether (sulfide) groups is 1. The van der Waals surface area contributed by atoms with Crippen LogP contribution < -0.4 is 0 Å². The summed E-state index contributed by atoms with van der Waals surface area (Å²) in [6.07, 6.45) is 3.50. The van der Waals surface area contributed by atoms with E-state index in [1.54, 1.807) is 24.2 Å². The fraction of sp³-hybridized carbons (Fsp3) is 0.0500. The Labute approximate surface area is 171 Å². The van der Waals surface area contributed by atoms with Gasteiger partial charge in [-0.2, -0.15) is 0 Å². The molecule has 0 aliphatic rings. The van der Waals surface area contributed by atoms with Crippen LogP contribution >= 0.6 is 35.0 Å². The number of hydrogen-bond donors (Lipinski definition) is 0. The predicted molar refractivity (Wildman–Crippen MR) is 111 cm³/mol. The van der Waals surface area contributed by atoms with Crippen LogP contribution in [0.1, 0.15) is 5.56 Å². The zero-order valence-corrected chi connectivity index (χ0v) is 16.4. The van der Waals surface area contributed by atoms with Gasteiger partial charge in [-0.1, -0.05) is 59.2 Å². The molecule has 0 amide bonds. The smallest absolute Gasteiger partial charge is 0.196 e. The van der Waals surface area contributed by atoms with Crippen molar-refractivity contribution < 1.29 is 0 Å². The standard InChI is InChI=1S/C20H14Cl2N4S/c21-17-7-6-14(12-18(17)22)13-27-20-25-24-19(15-8-10-23-11-9-15)26(20)16-4-2-1-3-5-16/h1-12H,13H2. The molecule has 27 heavy (non-hydrogen) atoms. The third-order valence-corrected chi connectivity index (χ3v) is 5.68. The average Bonchev–Trinajstić information content (AvgIpc) is 3.14. The van der Waals surface area contributed by atoms with Crippen molar-refractivity contribution in [3.8, 4) is 17.1 Å². The van der Waals surface area contributed by atoms with Crippen LogP contribution in [0.4, 0.5) is 0 Å². The van der Waals surface area contributed by atoms with Gasteiger partial charge in [0.1, 0.15) is 0 Å². The quantitative estimate of drug-likeness (QED) is 0.381. The summed E-state index contributed by atoms with van der Waals surface area (Å²) in [6, 6.07) is 19.6. The van der Waals surface area contributed by atoms with Crippen LogP contribution in [0.25, 0.3) is 17.1 Å². The molecule has 134 valence electrons. The van der Waals surface area contributed by atoms with Gasteiger partial charge in [-0.15, -0.1) is 10.2 Å². The van der Waals surface area contributed by atoms with E-state index < -0.39 is 0 Å². The maximum absolute atomic E-state index is 6.13. The van der Waals surface area contributed by atoms with Crippen LogP contribution in [0, 0.1) is 0 Å². The van der Waals surface area contributed by atoms with E-state index in [9.17, 15) is 0 Å². The van der Waals surface area contributed by atoms with Gasteiger partial charge in [-0.05, 0) is 42.0 Å². The second-order valence-corrected chi connectivity index (χ2v) is 7.51. The van der Waals surface area contributed by atoms with E-state index in [2.05, 4.69) is 19.7 Å². The summed E-state index contributed by atoms with van der Waals surface area (Å²) >= 11 is 13.7. The van der Waals surface area contributed by atoms with E-state index >= 15 is 0 Å². The van der Waals surface area contributed by atoms with Crippen molar-refractivity contribution in [2.75, 3.05) is 0 Å². The lowest BCUT2D eigenvalue weighted by molar-refractivity contribution is 0.886. The SMILES string of the molecule is Clc1ccc(CSc2nnc(-c3ccncc3)n2-c2ccccc2)cc1Cl. The number of pyridine rings is 1. The van der Waals surface area contributed by atoms with Gasteiger partial charge in [-0.3, -0.25) is 9.55 Å². The van der Waals surface area contributed by atoms with Crippen LogP contribution in [0.5, 0.6) is 0 Å². The average molecular weight is 413 g/mol. The second kappa shape index (κ2) is 8.13. The van der Waals surface area contributed by atoms with Crippen molar-refractivity contribution >= 4 is 35.0 Å². The highest BCUT2D eigenvalue weighted by Crippen LogP contribution is 2.31. The van der Waals surface area contributed by atoms with E-state index in [-0.39, 0.29) is 0 Å². The summed E-state index contributed by atoms with van der Waals surface area (Å²) in [6.45, 7) is 0. The molecule has 0 saturated carbocycles. The Morgan fingerprint density at radius 1 is 0.852 bits per heavy atom. The molecule has 4 aromatic rings. The Morgan fingerprint density at radius 2 is 1.63 bits per heavy atom. The number of benzene rings is 2. The molecule has 4 rings (SSSR count). The van der Waals surface area contributed by atoms with E-state index in [1.165, 1.54) is 0 Å². The molecule has 2 aromatic heterocycles. The third kappa shape index (κ3) is 4.00. The van der Waals surface area contributed by atoms with Gasteiger partial charge in [0.2, 0.25) is 0 Å². The summed E-state index contributed by atoms with van der Waals surface area (Å²) in [7, 11) is 0. The minimum absolute atomic E-state index is 0.553. The van der Waals surface area contributed by atoms with Crippen LogP contribution in [0.2, 0.25) is 10.0 Å². The van der Waals surface area contributed by atoms with Gasteiger partial charge in [0.05, 0.1) is 10.0 Å². The summed E-state index contributed by atoms with van der Waals surface area (Å²) < 4.78 is 2.05. The first-order valence-corrected chi connectivity index (χ1v) is 9.94. The molecule has 0 aliphatic heterocycles. The molecule has 0 bridgehead atoms. The third-order valence-electron chi connectivity index (χ3n) is 3.94. The monoisotopic (exact) mass is 412 g/mol. The van der Waals surface area contributed by atoms with Crippen LogP contribution in [-0.4, -0.2) is 19.7 Å². The Hall–Kier alpha value is -2.34. The number of aromatic nitrogens is 4. The number of rotatable bonds is 5. The largest absolute Gasteiger partial charge is 0.270 e. The van der Waals surface area contributed by atoms with E-state index in [0.717, 1.165) is 27.8 Å². The molecule has 4 nitrogen and oxygen atoms in total. The summed E-state index contributed by atoms with van der Waals surface area (Å²) in [5.41, 5.74) is 3.04. The molecule has 0 saturated heterocycles. The molecule has 0 aliphatic carbocycles. The maximum Gasteiger partial charge on any atom is 0.196 e. The van der Waals surface area contributed by atoms with Crippen molar-refractivity contribution in [1.82, 2.24) is 19.7 Å². The van der Waals surface area contributed by atoms with Crippen molar-refractivity contribution in [1.29, 1.82) is 0 Å². The van der Waals surface area contributed by atoms with E-state index in [4.69, 9.17) is 23.2 Å². The molecule has 2 heterocycles. The maximum atomic E-state index is 6.13. The molecule has 0 N–H and O–H groups in total. The van der Waals surface area contributed by atoms with Crippen molar-refractivity contribution in [2.24, 2.45) is 0 Å². The van der Waals surface area contributed by atoms with Gasteiger partial charge < -0.3 is 0 Å². The predicted octanol–water partition coefficient (Wildman–Crippen LogP) is 5.93. The van der Waals surface area contributed by atoms with Crippen LogP contribution in [0.3, 0.4) is 0 Å². The minimum atomic E-state index is 0.553. The molecule has 0 unspecified atom stereocenters. The first-order chi connectivity index (χ1) is 13.2. The number of para-hydroxylation sites is 1. The molecule has 0 spiro atoms. The van der Waals surface area contributed by atoms with Crippen LogP contribution in [-0.2, 0) is 5.75 Å². The normalized spacial score (nSPS) is 10.9. The van der Waals surface area contributed by atoms with Gasteiger partial charge in [0.15, 0.2) is 11.0 Å². The topological polar surface area (TPSA) is 43.6 Å². The van der Waals surface area contributed by atoms with E-state index in [0.29, 0.717) is 15.8 Å². The summed E-state index contributed by atoms with van der Waals surface area (Å²) in [4.78, 5) is 4.09. The molecule has 2 aromatic carbocycles. The molecular weight excluding hydrogens is 399 g/mol. The van der Waals surface area contributed by atoms with Crippen LogP contribution in [0.15, 0.2) is 78.2 Å². The molecule has 0 atom stereocenters. The van der Waals surface area contributed by atoms with Crippen molar-refractivity contribution in [3.05, 3.63) is 88.7 Å². The molecule has 0 fully saturated rings. The fourth-order valence-electron chi connectivity index (χ4n) is 2.64. The number of halogens is 2. The van der Waals surface area contributed by atoms with Crippen molar-refractivity contribution in [2.45, 2.75) is 10.9 Å². The summed E-state index contributed by atoms with van der Waals surface area (Å²) in [5.74, 6) is 1.48. The van der Waals surface area contributed by atoms with E-state index in [1.807, 2.05) is 60.7 Å². The number of hydrogen-bond acceptors (Lipinski definition) is 4. The highest BCUT2D eigenvalue weighted by molar-refractivity contribution is 7.98. The molecular formula is C20H14Cl2N4S. The highest BCUT2D eigenvalue weighted by atomic mass is 35.5. The zero-order valence-electron chi connectivity index (χ0n) is 14.1. The lowest BCUT2D eigenvalue weighted by atomic mass is 10.2. The lowest BCUT2D eigenvalue weighted by Crippen LogP contribution is -1.99. The first kappa shape index (κ1) is 18.0. The van der Waals surface area contributed by atoms with Gasteiger partial charge >= 0.3 is 0 Å². The zero-order chi connectivity index (χ0) is 18.6. The van der Waals surface area contributed by atoms with Gasteiger partial charge in [0.25, 0.3) is 0 Å². The highest BCUT2D eigenvalue weighted by Gasteiger charge is 2.16. The second-order valence-electron chi connectivity index (χ2n) is 5.75.